The fourth-order valence-corrected chi connectivity index (χ4v) is 3.55. The molecule has 128 valence electrons. The van der Waals surface area contributed by atoms with Crippen LogP contribution in [-0.2, 0) is 0 Å². The third-order valence-electron chi connectivity index (χ3n) is 4.57. The first kappa shape index (κ1) is 16.6. The molecule has 0 saturated carbocycles. The van der Waals surface area contributed by atoms with Gasteiger partial charge in [0.2, 0.25) is 0 Å². The molecule has 0 aliphatic rings. The van der Waals surface area contributed by atoms with Crippen LogP contribution in [0.4, 0.5) is 0 Å². The van der Waals surface area contributed by atoms with Gasteiger partial charge in [0, 0.05) is 27.2 Å². The van der Waals surface area contributed by atoms with E-state index in [0.29, 0.717) is 5.02 Å². The number of aryl methyl sites for hydroxylation is 1. The summed E-state index contributed by atoms with van der Waals surface area (Å²) in [7, 11) is 1.68. The summed E-state index contributed by atoms with van der Waals surface area (Å²) >= 11 is 6.31. The second-order valence-electron chi connectivity index (χ2n) is 6.20. The van der Waals surface area contributed by atoms with Crippen molar-refractivity contribution in [2.75, 3.05) is 7.11 Å². The van der Waals surface area contributed by atoms with Crippen LogP contribution >= 0.6 is 11.6 Å². The first-order valence-corrected chi connectivity index (χ1v) is 8.85. The number of ether oxygens (including phenoxy) is 1. The first-order valence-electron chi connectivity index (χ1n) is 8.47. The molecular weight excluding hydrogens is 342 g/mol. The third kappa shape index (κ3) is 2.93. The lowest BCUT2D eigenvalue weighted by Gasteiger charge is -2.17. The maximum Gasteiger partial charge on any atom is 0.118 e. The van der Waals surface area contributed by atoms with Crippen molar-refractivity contribution in [3.8, 4) is 28.0 Å². The highest BCUT2D eigenvalue weighted by atomic mass is 35.5. The van der Waals surface area contributed by atoms with Crippen molar-refractivity contribution in [2.24, 2.45) is 0 Å². The van der Waals surface area contributed by atoms with Crippen LogP contribution < -0.4 is 4.74 Å². The summed E-state index contributed by atoms with van der Waals surface area (Å²) in [6.45, 7) is 2.06. The van der Waals surface area contributed by atoms with E-state index in [-0.39, 0.29) is 0 Å². The van der Waals surface area contributed by atoms with Crippen LogP contribution in [0.2, 0.25) is 5.02 Å². The molecule has 2 nitrogen and oxygen atoms in total. The van der Waals surface area contributed by atoms with E-state index in [1.165, 1.54) is 0 Å². The lowest BCUT2D eigenvalue weighted by atomic mass is 9.90. The van der Waals surface area contributed by atoms with Gasteiger partial charge in [0.05, 0.1) is 12.6 Å². The zero-order valence-electron chi connectivity index (χ0n) is 14.7. The Bertz CT molecular complexity index is 1070. The molecule has 3 aromatic carbocycles. The van der Waals surface area contributed by atoms with E-state index < -0.39 is 0 Å². The van der Waals surface area contributed by atoms with Gasteiger partial charge >= 0.3 is 0 Å². The summed E-state index contributed by atoms with van der Waals surface area (Å²) in [5.74, 6) is 0.837. The summed E-state index contributed by atoms with van der Waals surface area (Å²) in [6.07, 6.45) is 0. The third-order valence-corrected chi connectivity index (χ3v) is 4.80. The van der Waals surface area contributed by atoms with Crippen LogP contribution in [0.3, 0.4) is 0 Å². The van der Waals surface area contributed by atoms with E-state index >= 15 is 0 Å². The zero-order chi connectivity index (χ0) is 18.1. The number of benzene rings is 3. The highest BCUT2D eigenvalue weighted by molar-refractivity contribution is 6.31. The largest absolute Gasteiger partial charge is 0.497 e. The van der Waals surface area contributed by atoms with Crippen LogP contribution in [0.1, 0.15) is 5.69 Å². The summed E-state index contributed by atoms with van der Waals surface area (Å²) in [6, 6.07) is 24.4. The van der Waals surface area contributed by atoms with Gasteiger partial charge in [-0.1, -0.05) is 54.1 Å². The minimum Gasteiger partial charge on any atom is -0.497 e. The fraction of sp³-hybridized carbons (Fsp3) is 0.0870. The average Bonchev–Trinajstić information content (AvgIpc) is 2.68. The molecule has 0 atom stereocenters. The van der Waals surface area contributed by atoms with E-state index in [9.17, 15) is 0 Å². The summed E-state index contributed by atoms with van der Waals surface area (Å²) < 4.78 is 5.30. The number of aromatic nitrogens is 1. The van der Waals surface area contributed by atoms with E-state index in [1.807, 2.05) is 36.4 Å². The average molecular weight is 360 g/mol. The Morgan fingerprint density at radius 1 is 0.808 bits per heavy atom. The second kappa shape index (κ2) is 6.81. The summed E-state index contributed by atoms with van der Waals surface area (Å²) in [4.78, 5) is 4.83. The molecule has 1 heterocycles. The Hall–Kier alpha value is -2.84. The van der Waals surface area contributed by atoms with E-state index in [0.717, 1.165) is 44.6 Å². The maximum atomic E-state index is 6.31. The number of hydrogen-bond donors (Lipinski definition) is 0. The molecule has 0 radical (unpaired) electrons. The summed E-state index contributed by atoms with van der Waals surface area (Å²) in [5.41, 5.74) is 6.47. The normalized spacial score (nSPS) is 10.9. The Morgan fingerprint density at radius 3 is 2.19 bits per heavy atom. The molecule has 26 heavy (non-hydrogen) atoms. The van der Waals surface area contributed by atoms with Crippen molar-refractivity contribution in [3.63, 3.8) is 0 Å². The van der Waals surface area contributed by atoms with Gasteiger partial charge in [0.1, 0.15) is 5.75 Å². The van der Waals surface area contributed by atoms with Crippen LogP contribution in [0.5, 0.6) is 5.75 Å². The molecule has 0 saturated heterocycles. The lowest BCUT2D eigenvalue weighted by Crippen LogP contribution is -1.96. The Balaban J connectivity index is 2.09. The Morgan fingerprint density at radius 2 is 1.50 bits per heavy atom. The van der Waals surface area contributed by atoms with Crippen molar-refractivity contribution < 1.29 is 4.74 Å². The van der Waals surface area contributed by atoms with Crippen molar-refractivity contribution in [1.82, 2.24) is 4.98 Å². The molecular formula is C23H18ClNO. The number of methoxy groups -OCH3 is 1. The molecule has 4 rings (SSSR count). The number of hydrogen-bond acceptors (Lipinski definition) is 2. The smallest absolute Gasteiger partial charge is 0.118 e. The highest BCUT2D eigenvalue weighted by Gasteiger charge is 2.16. The number of nitrogens with zero attached hydrogens (tertiary/aromatic N) is 1. The van der Waals surface area contributed by atoms with Gasteiger partial charge in [-0.15, -0.1) is 0 Å². The first-order chi connectivity index (χ1) is 12.7. The second-order valence-corrected chi connectivity index (χ2v) is 6.64. The van der Waals surface area contributed by atoms with Crippen LogP contribution in [0, 0.1) is 6.92 Å². The Labute approximate surface area is 158 Å². The monoisotopic (exact) mass is 359 g/mol. The van der Waals surface area contributed by atoms with Gasteiger partial charge in [-0.2, -0.15) is 0 Å². The summed E-state index contributed by atoms with van der Waals surface area (Å²) in [5, 5.41) is 1.76. The van der Waals surface area contributed by atoms with Crippen molar-refractivity contribution in [3.05, 3.63) is 83.5 Å². The van der Waals surface area contributed by atoms with Gasteiger partial charge in [0.15, 0.2) is 0 Å². The highest BCUT2D eigenvalue weighted by Crippen LogP contribution is 2.40. The van der Waals surface area contributed by atoms with E-state index in [2.05, 4.69) is 43.3 Å². The molecule has 0 amide bonds. The van der Waals surface area contributed by atoms with Crippen molar-refractivity contribution in [1.29, 1.82) is 0 Å². The predicted octanol–water partition coefficient (Wildman–Crippen LogP) is 6.54. The van der Waals surface area contributed by atoms with Gasteiger partial charge in [0.25, 0.3) is 0 Å². The number of fused-ring (bicyclic) bond motifs is 1. The maximum absolute atomic E-state index is 6.31. The van der Waals surface area contributed by atoms with Gasteiger partial charge in [-0.05, 0) is 48.4 Å². The zero-order valence-corrected chi connectivity index (χ0v) is 15.4. The van der Waals surface area contributed by atoms with Gasteiger partial charge in [-0.3, -0.25) is 4.98 Å². The molecule has 4 aromatic rings. The standard InChI is InChI=1S/C23H18ClNO/c1-15-22(17-8-11-19(26-2)12-9-17)23(16-6-4-3-5-7-16)20-14-18(24)10-13-21(20)25-15/h3-14H,1-2H3. The SMILES string of the molecule is COc1ccc(-c2c(C)nc3ccc(Cl)cc3c2-c2ccccc2)cc1. The molecule has 1 aromatic heterocycles. The van der Waals surface area contributed by atoms with Crippen molar-refractivity contribution in [2.45, 2.75) is 6.92 Å². The number of pyridine rings is 1. The minimum atomic E-state index is 0.709. The van der Waals surface area contributed by atoms with Crippen LogP contribution in [-0.4, -0.2) is 12.1 Å². The Kier molecular flexibility index (Phi) is 4.36. The molecule has 0 fully saturated rings. The fourth-order valence-electron chi connectivity index (χ4n) is 3.37. The molecule has 0 aliphatic carbocycles. The van der Waals surface area contributed by atoms with Crippen LogP contribution in [0.15, 0.2) is 72.8 Å². The van der Waals surface area contributed by atoms with Crippen molar-refractivity contribution >= 4 is 22.5 Å². The number of rotatable bonds is 3. The van der Waals surface area contributed by atoms with Crippen LogP contribution in [0.25, 0.3) is 33.2 Å². The van der Waals surface area contributed by atoms with E-state index in [4.69, 9.17) is 21.3 Å². The molecule has 0 unspecified atom stereocenters. The topological polar surface area (TPSA) is 22.1 Å². The molecule has 3 heteroatoms. The quantitative estimate of drug-likeness (QED) is 0.414. The van der Waals surface area contributed by atoms with E-state index in [1.54, 1.807) is 7.11 Å². The molecule has 0 N–H and O–H groups in total. The number of halogens is 1. The molecule has 0 bridgehead atoms. The van der Waals surface area contributed by atoms with Gasteiger partial charge < -0.3 is 4.74 Å². The predicted molar refractivity (Wildman–Crippen MR) is 109 cm³/mol. The lowest BCUT2D eigenvalue weighted by molar-refractivity contribution is 0.415. The minimum absolute atomic E-state index is 0.709. The molecule has 0 spiro atoms. The molecule has 0 aliphatic heterocycles. The van der Waals surface area contributed by atoms with Gasteiger partial charge in [-0.25, -0.2) is 0 Å².